The molecule has 0 bridgehead atoms. The average Bonchev–Trinajstić information content (AvgIpc) is 2.54. The molecule has 1 aliphatic heterocycles. The minimum absolute atomic E-state index is 0.385. The van der Waals surface area contributed by atoms with Gasteiger partial charge < -0.3 is 5.73 Å². The maximum atomic E-state index is 6.22. The smallest absolute Gasteiger partial charge is 0.0244 e. The Morgan fingerprint density at radius 1 is 1.43 bits per heavy atom. The fourth-order valence-electron chi connectivity index (χ4n) is 2.63. The number of likely N-dealkylation sites (tertiary alicyclic amines) is 1. The number of nitrogens with zero attached hydrogens (tertiary/aromatic N) is 1. The van der Waals surface area contributed by atoms with Crippen molar-refractivity contribution in [3.05, 3.63) is 0 Å². The van der Waals surface area contributed by atoms with Gasteiger partial charge in [-0.15, -0.1) is 0 Å². The Kier molecular flexibility index (Phi) is 4.90. The normalized spacial score (nSPS) is 27.9. The number of rotatable bonds is 5. The van der Waals surface area contributed by atoms with Gasteiger partial charge in [-0.25, -0.2) is 0 Å². The van der Waals surface area contributed by atoms with Crippen LogP contribution < -0.4 is 5.73 Å². The summed E-state index contributed by atoms with van der Waals surface area (Å²) in [6.07, 6.45) is 4.94. The van der Waals surface area contributed by atoms with Crippen LogP contribution in [0.25, 0.3) is 0 Å². The lowest BCUT2D eigenvalue weighted by Gasteiger charge is -2.31. The van der Waals surface area contributed by atoms with E-state index >= 15 is 0 Å². The summed E-state index contributed by atoms with van der Waals surface area (Å²) < 4.78 is 0. The maximum absolute atomic E-state index is 6.22. The van der Waals surface area contributed by atoms with E-state index in [9.17, 15) is 0 Å². The third kappa shape index (κ3) is 2.96. The molecule has 2 nitrogen and oxygen atoms in total. The minimum atomic E-state index is 0.385. The monoisotopic (exact) mass is 198 g/mol. The standard InChI is InChI=1S/C12H26N2/c1-4-6-11(13)12(5-2)14-8-7-10(3)9-14/h10-12H,4-9,13H2,1-3H3. The van der Waals surface area contributed by atoms with Crippen LogP contribution in [0.4, 0.5) is 0 Å². The van der Waals surface area contributed by atoms with Gasteiger partial charge in [0.2, 0.25) is 0 Å². The van der Waals surface area contributed by atoms with Crippen molar-refractivity contribution < 1.29 is 0 Å². The Bertz CT molecular complexity index is 158. The third-order valence-electron chi connectivity index (χ3n) is 3.46. The van der Waals surface area contributed by atoms with E-state index in [1.165, 1.54) is 38.8 Å². The Hall–Kier alpha value is -0.0800. The van der Waals surface area contributed by atoms with Gasteiger partial charge >= 0.3 is 0 Å². The quantitative estimate of drug-likeness (QED) is 0.734. The first kappa shape index (κ1) is 12.0. The fraction of sp³-hybridized carbons (Fsp3) is 1.00. The highest BCUT2D eigenvalue weighted by molar-refractivity contribution is 4.85. The molecule has 0 spiro atoms. The Balaban J connectivity index is 2.44. The molecule has 2 N–H and O–H groups in total. The molecule has 0 aromatic heterocycles. The van der Waals surface area contributed by atoms with Crippen molar-refractivity contribution in [3.63, 3.8) is 0 Å². The van der Waals surface area contributed by atoms with Crippen molar-refractivity contribution in [3.8, 4) is 0 Å². The lowest BCUT2D eigenvalue weighted by atomic mass is 10.0. The first-order chi connectivity index (χ1) is 6.69. The van der Waals surface area contributed by atoms with Crippen LogP contribution in [-0.2, 0) is 0 Å². The molecule has 3 atom stereocenters. The molecule has 1 fully saturated rings. The van der Waals surface area contributed by atoms with Crippen LogP contribution in [0.15, 0.2) is 0 Å². The molecular weight excluding hydrogens is 172 g/mol. The van der Waals surface area contributed by atoms with Crippen LogP contribution >= 0.6 is 0 Å². The predicted octanol–water partition coefficient (Wildman–Crippen LogP) is 2.23. The van der Waals surface area contributed by atoms with Gasteiger partial charge in [-0.1, -0.05) is 27.2 Å². The van der Waals surface area contributed by atoms with E-state index in [0.29, 0.717) is 12.1 Å². The second kappa shape index (κ2) is 5.72. The van der Waals surface area contributed by atoms with Gasteiger partial charge in [0.1, 0.15) is 0 Å². The second-order valence-corrected chi connectivity index (χ2v) is 4.82. The van der Waals surface area contributed by atoms with Gasteiger partial charge in [-0.05, 0) is 31.7 Å². The summed E-state index contributed by atoms with van der Waals surface area (Å²) in [5, 5.41) is 0. The zero-order valence-corrected chi connectivity index (χ0v) is 10.00. The Morgan fingerprint density at radius 3 is 2.57 bits per heavy atom. The van der Waals surface area contributed by atoms with Gasteiger partial charge in [0, 0.05) is 18.6 Å². The van der Waals surface area contributed by atoms with Gasteiger partial charge in [0.05, 0.1) is 0 Å². The van der Waals surface area contributed by atoms with Crippen molar-refractivity contribution in [1.29, 1.82) is 0 Å². The van der Waals surface area contributed by atoms with Crippen LogP contribution in [0.2, 0.25) is 0 Å². The van der Waals surface area contributed by atoms with Crippen LogP contribution in [0.5, 0.6) is 0 Å². The van der Waals surface area contributed by atoms with Gasteiger partial charge in [-0.2, -0.15) is 0 Å². The molecule has 3 unspecified atom stereocenters. The molecule has 1 aliphatic rings. The molecule has 14 heavy (non-hydrogen) atoms. The lowest BCUT2D eigenvalue weighted by Crippen LogP contribution is -2.46. The summed E-state index contributed by atoms with van der Waals surface area (Å²) >= 11 is 0. The Labute approximate surface area is 88.8 Å². The molecule has 0 aromatic rings. The molecule has 0 amide bonds. The molecule has 1 rings (SSSR count). The number of nitrogens with two attached hydrogens (primary N) is 1. The van der Waals surface area contributed by atoms with Crippen molar-refractivity contribution in [2.24, 2.45) is 11.7 Å². The molecule has 1 saturated heterocycles. The van der Waals surface area contributed by atoms with E-state index in [-0.39, 0.29) is 0 Å². The fourth-order valence-corrected chi connectivity index (χ4v) is 2.63. The average molecular weight is 198 g/mol. The molecular formula is C12H26N2. The lowest BCUT2D eigenvalue weighted by molar-refractivity contribution is 0.193. The first-order valence-corrected chi connectivity index (χ1v) is 6.18. The zero-order valence-electron chi connectivity index (χ0n) is 10.00. The van der Waals surface area contributed by atoms with Crippen LogP contribution in [-0.4, -0.2) is 30.1 Å². The number of hydrogen-bond acceptors (Lipinski definition) is 2. The van der Waals surface area contributed by atoms with E-state index in [0.717, 1.165) is 5.92 Å². The topological polar surface area (TPSA) is 29.3 Å². The summed E-state index contributed by atoms with van der Waals surface area (Å²) in [7, 11) is 0. The van der Waals surface area contributed by atoms with E-state index in [2.05, 4.69) is 25.7 Å². The molecule has 0 radical (unpaired) electrons. The predicted molar refractivity (Wildman–Crippen MR) is 62.3 cm³/mol. The SMILES string of the molecule is CCCC(N)C(CC)N1CCC(C)C1. The molecule has 1 heterocycles. The summed E-state index contributed by atoms with van der Waals surface area (Å²) in [6, 6.07) is 1.01. The van der Waals surface area contributed by atoms with Gasteiger partial charge in [-0.3, -0.25) is 4.90 Å². The van der Waals surface area contributed by atoms with Crippen LogP contribution in [0.3, 0.4) is 0 Å². The maximum Gasteiger partial charge on any atom is 0.0244 e. The van der Waals surface area contributed by atoms with E-state index in [1.807, 2.05) is 0 Å². The number of hydrogen-bond donors (Lipinski definition) is 1. The summed E-state index contributed by atoms with van der Waals surface area (Å²) in [5.74, 6) is 0.873. The molecule has 0 saturated carbocycles. The first-order valence-electron chi connectivity index (χ1n) is 6.18. The van der Waals surface area contributed by atoms with Gasteiger partial charge in [0.15, 0.2) is 0 Å². The molecule has 84 valence electrons. The largest absolute Gasteiger partial charge is 0.326 e. The van der Waals surface area contributed by atoms with Gasteiger partial charge in [0.25, 0.3) is 0 Å². The highest BCUT2D eigenvalue weighted by Gasteiger charge is 2.28. The second-order valence-electron chi connectivity index (χ2n) is 4.82. The Morgan fingerprint density at radius 2 is 2.14 bits per heavy atom. The highest BCUT2D eigenvalue weighted by atomic mass is 15.2. The summed E-state index contributed by atoms with van der Waals surface area (Å²) in [5.41, 5.74) is 6.22. The zero-order chi connectivity index (χ0) is 10.6. The van der Waals surface area contributed by atoms with Crippen molar-refractivity contribution in [2.75, 3.05) is 13.1 Å². The molecule has 0 aliphatic carbocycles. The summed E-state index contributed by atoms with van der Waals surface area (Å²) in [6.45, 7) is 9.35. The molecule has 2 heteroatoms. The van der Waals surface area contributed by atoms with Crippen molar-refractivity contribution in [2.45, 2.75) is 58.5 Å². The third-order valence-corrected chi connectivity index (χ3v) is 3.46. The summed E-state index contributed by atoms with van der Waals surface area (Å²) in [4.78, 5) is 2.60. The molecule has 0 aromatic carbocycles. The minimum Gasteiger partial charge on any atom is -0.326 e. The van der Waals surface area contributed by atoms with E-state index < -0.39 is 0 Å². The van der Waals surface area contributed by atoms with Crippen LogP contribution in [0.1, 0.15) is 46.5 Å². The highest BCUT2D eigenvalue weighted by Crippen LogP contribution is 2.21. The van der Waals surface area contributed by atoms with Crippen molar-refractivity contribution >= 4 is 0 Å². The van der Waals surface area contributed by atoms with E-state index in [1.54, 1.807) is 0 Å². The van der Waals surface area contributed by atoms with Crippen LogP contribution in [0, 0.1) is 5.92 Å². The van der Waals surface area contributed by atoms with Crippen molar-refractivity contribution in [1.82, 2.24) is 4.90 Å². The van der Waals surface area contributed by atoms with E-state index in [4.69, 9.17) is 5.73 Å².